The van der Waals surface area contributed by atoms with E-state index in [1.54, 1.807) is 25.2 Å². The highest BCUT2D eigenvalue weighted by molar-refractivity contribution is 9.10. The maximum absolute atomic E-state index is 13.8. The zero-order chi connectivity index (χ0) is 15.4. The average molecular weight is 368 g/mol. The lowest BCUT2D eigenvalue weighted by Crippen LogP contribution is -2.27. The maximum Gasteiger partial charge on any atom is 0.255 e. The summed E-state index contributed by atoms with van der Waals surface area (Å²) in [7, 11) is 1.68. The van der Waals surface area contributed by atoms with E-state index in [4.69, 9.17) is 0 Å². The van der Waals surface area contributed by atoms with E-state index in [1.165, 1.54) is 22.7 Å². The summed E-state index contributed by atoms with van der Waals surface area (Å²) in [5.74, 6) is -0.421. The quantitative estimate of drug-likeness (QED) is 0.737. The van der Waals surface area contributed by atoms with Crippen LogP contribution in [0.15, 0.2) is 51.8 Å². The molecule has 0 heterocycles. The van der Waals surface area contributed by atoms with E-state index in [0.29, 0.717) is 11.1 Å². The number of hydrogen-bond donors (Lipinski definition) is 0. The van der Waals surface area contributed by atoms with E-state index in [-0.39, 0.29) is 18.3 Å². The second-order valence-electron chi connectivity index (χ2n) is 4.60. The number of carbonyl (C=O) groups excluding carboxylic acids is 1. The van der Waals surface area contributed by atoms with E-state index in [2.05, 4.69) is 15.9 Å². The Morgan fingerprint density at radius 2 is 2.00 bits per heavy atom. The van der Waals surface area contributed by atoms with Crippen LogP contribution in [0.3, 0.4) is 0 Å². The van der Waals surface area contributed by atoms with Crippen LogP contribution in [0.1, 0.15) is 15.9 Å². The van der Waals surface area contributed by atoms with Crippen LogP contribution in [0.4, 0.5) is 4.39 Å². The minimum atomic E-state index is -0.309. The molecule has 0 aliphatic carbocycles. The lowest BCUT2D eigenvalue weighted by Gasteiger charge is -2.19. The average Bonchev–Trinajstić information content (AvgIpc) is 2.50. The summed E-state index contributed by atoms with van der Waals surface area (Å²) >= 11 is 4.84. The van der Waals surface area contributed by atoms with Crippen molar-refractivity contribution in [3.63, 3.8) is 0 Å². The van der Waals surface area contributed by atoms with Gasteiger partial charge in [0.15, 0.2) is 0 Å². The van der Waals surface area contributed by atoms with Gasteiger partial charge < -0.3 is 4.90 Å². The Kier molecular flexibility index (Phi) is 5.42. The predicted molar refractivity (Wildman–Crippen MR) is 88.1 cm³/mol. The molecule has 21 heavy (non-hydrogen) atoms. The smallest absolute Gasteiger partial charge is 0.255 e. The fourth-order valence-electron chi connectivity index (χ4n) is 2.02. The Hall–Kier alpha value is -1.33. The predicted octanol–water partition coefficient (Wildman–Crippen LogP) is 4.58. The third kappa shape index (κ3) is 3.86. The van der Waals surface area contributed by atoms with Crippen LogP contribution in [0, 0.1) is 5.82 Å². The third-order valence-electron chi connectivity index (χ3n) is 3.10. The number of rotatable bonds is 4. The van der Waals surface area contributed by atoms with E-state index in [1.807, 2.05) is 24.5 Å². The highest BCUT2D eigenvalue weighted by atomic mass is 79.9. The SMILES string of the molecule is CSc1ccccc1C(=O)N(C)Cc1cc(Br)ccc1F. The van der Waals surface area contributed by atoms with Crippen molar-refractivity contribution in [1.82, 2.24) is 4.90 Å². The molecule has 2 nitrogen and oxygen atoms in total. The molecule has 0 radical (unpaired) electrons. The van der Waals surface area contributed by atoms with Crippen molar-refractivity contribution >= 4 is 33.6 Å². The second-order valence-corrected chi connectivity index (χ2v) is 6.36. The van der Waals surface area contributed by atoms with Crippen molar-refractivity contribution in [2.75, 3.05) is 13.3 Å². The summed E-state index contributed by atoms with van der Waals surface area (Å²) in [6.45, 7) is 0.229. The van der Waals surface area contributed by atoms with Crippen molar-refractivity contribution in [3.05, 3.63) is 63.9 Å². The molecule has 2 aromatic rings. The number of benzene rings is 2. The van der Waals surface area contributed by atoms with Gasteiger partial charge in [0.1, 0.15) is 5.82 Å². The van der Waals surface area contributed by atoms with Crippen LogP contribution in [-0.2, 0) is 6.54 Å². The normalized spacial score (nSPS) is 10.5. The molecule has 0 N–H and O–H groups in total. The number of nitrogens with zero attached hydrogens (tertiary/aromatic N) is 1. The van der Waals surface area contributed by atoms with Gasteiger partial charge in [0.25, 0.3) is 5.91 Å². The lowest BCUT2D eigenvalue weighted by molar-refractivity contribution is 0.0780. The number of thioether (sulfide) groups is 1. The van der Waals surface area contributed by atoms with E-state index >= 15 is 0 Å². The number of carbonyl (C=O) groups is 1. The summed E-state index contributed by atoms with van der Waals surface area (Å²) < 4.78 is 14.6. The summed E-state index contributed by atoms with van der Waals surface area (Å²) in [5, 5.41) is 0. The fraction of sp³-hybridized carbons (Fsp3) is 0.188. The molecule has 0 aliphatic heterocycles. The van der Waals surface area contributed by atoms with Crippen molar-refractivity contribution in [2.24, 2.45) is 0 Å². The maximum atomic E-state index is 13.8. The fourth-order valence-corrected chi connectivity index (χ4v) is 3.02. The van der Waals surface area contributed by atoms with Crippen molar-refractivity contribution < 1.29 is 9.18 Å². The molecular weight excluding hydrogens is 353 g/mol. The summed E-state index contributed by atoms with van der Waals surface area (Å²) in [6, 6.07) is 12.2. The van der Waals surface area contributed by atoms with Crippen LogP contribution < -0.4 is 0 Å². The van der Waals surface area contributed by atoms with E-state index in [0.717, 1.165) is 9.37 Å². The highest BCUT2D eigenvalue weighted by Gasteiger charge is 2.16. The van der Waals surface area contributed by atoms with Crippen LogP contribution in [0.5, 0.6) is 0 Å². The summed E-state index contributed by atoms with van der Waals surface area (Å²) in [4.78, 5) is 15.0. The van der Waals surface area contributed by atoms with Gasteiger partial charge in [0.05, 0.1) is 5.56 Å². The number of halogens is 2. The van der Waals surface area contributed by atoms with Gasteiger partial charge in [-0.05, 0) is 36.6 Å². The Morgan fingerprint density at radius 1 is 1.29 bits per heavy atom. The minimum absolute atomic E-state index is 0.112. The molecule has 110 valence electrons. The van der Waals surface area contributed by atoms with Crippen molar-refractivity contribution in [1.29, 1.82) is 0 Å². The largest absolute Gasteiger partial charge is 0.337 e. The Balaban J connectivity index is 2.21. The van der Waals surface area contributed by atoms with Gasteiger partial charge in [-0.1, -0.05) is 28.1 Å². The molecule has 0 aromatic heterocycles. The molecule has 0 unspecified atom stereocenters. The Morgan fingerprint density at radius 3 is 2.71 bits per heavy atom. The summed E-state index contributed by atoms with van der Waals surface area (Å²) in [6.07, 6.45) is 1.93. The topological polar surface area (TPSA) is 20.3 Å². The Labute approximate surface area is 136 Å². The molecule has 0 spiro atoms. The molecule has 0 atom stereocenters. The standard InChI is InChI=1S/C16H15BrFNOS/c1-19(10-11-9-12(17)7-8-14(11)18)16(20)13-5-3-4-6-15(13)21-2/h3-9H,10H2,1-2H3. The first-order chi connectivity index (χ1) is 10.0. The molecule has 0 saturated heterocycles. The first-order valence-electron chi connectivity index (χ1n) is 6.35. The molecule has 0 fully saturated rings. The molecule has 0 saturated carbocycles. The van der Waals surface area contributed by atoms with E-state index < -0.39 is 0 Å². The van der Waals surface area contributed by atoms with Gasteiger partial charge in [-0.3, -0.25) is 4.79 Å². The zero-order valence-corrected chi connectivity index (χ0v) is 14.2. The monoisotopic (exact) mass is 367 g/mol. The third-order valence-corrected chi connectivity index (χ3v) is 4.39. The second kappa shape index (κ2) is 7.09. The van der Waals surface area contributed by atoms with Gasteiger partial charge in [0.2, 0.25) is 0 Å². The minimum Gasteiger partial charge on any atom is -0.337 e. The van der Waals surface area contributed by atoms with Crippen molar-refractivity contribution in [3.8, 4) is 0 Å². The summed E-state index contributed by atoms with van der Waals surface area (Å²) in [5.41, 5.74) is 1.13. The van der Waals surface area contributed by atoms with Crippen LogP contribution in [0.2, 0.25) is 0 Å². The Bertz CT molecular complexity index is 662. The van der Waals surface area contributed by atoms with Crippen LogP contribution >= 0.6 is 27.7 Å². The van der Waals surface area contributed by atoms with Crippen LogP contribution in [0.25, 0.3) is 0 Å². The van der Waals surface area contributed by atoms with Gasteiger partial charge in [-0.25, -0.2) is 4.39 Å². The molecule has 2 rings (SSSR count). The first-order valence-corrected chi connectivity index (χ1v) is 8.37. The number of amides is 1. The van der Waals surface area contributed by atoms with Crippen molar-refractivity contribution in [2.45, 2.75) is 11.4 Å². The molecular formula is C16H15BrFNOS. The highest BCUT2D eigenvalue weighted by Crippen LogP contribution is 2.22. The van der Waals surface area contributed by atoms with Gasteiger partial charge in [-0.15, -0.1) is 11.8 Å². The van der Waals surface area contributed by atoms with Gasteiger partial charge in [-0.2, -0.15) is 0 Å². The first kappa shape index (κ1) is 16.0. The van der Waals surface area contributed by atoms with Gasteiger partial charge in [0, 0.05) is 28.5 Å². The molecule has 0 bridgehead atoms. The van der Waals surface area contributed by atoms with Gasteiger partial charge >= 0.3 is 0 Å². The van der Waals surface area contributed by atoms with E-state index in [9.17, 15) is 9.18 Å². The molecule has 0 aliphatic rings. The lowest BCUT2D eigenvalue weighted by atomic mass is 10.1. The molecule has 2 aromatic carbocycles. The molecule has 1 amide bonds. The zero-order valence-electron chi connectivity index (χ0n) is 11.8. The molecule has 5 heteroatoms. The van der Waals surface area contributed by atoms with Crippen LogP contribution in [-0.4, -0.2) is 24.1 Å². The number of hydrogen-bond acceptors (Lipinski definition) is 2.